The van der Waals surface area contributed by atoms with Crippen LogP contribution < -0.4 is 5.32 Å². The van der Waals surface area contributed by atoms with Gasteiger partial charge in [-0.05, 0) is 36.4 Å². The summed E-state index contributed by atoms with van der Waals surface area (Å²) >= 11 is 0. The lowest BCUT2D eigenvalue weighted by atomic mass is 10.0. The van der Waals surface area contributed by atoms with Crippen molar-refractivity contribution in [3.8, 4) is 5.69 Å². The molecule has 7 heteroatoms. The Morgan fingerprint density at radius 1 is 1.32 bits per heavy atom. The molecule has 2 aromatic rings. The predicted molar refractivity (Wildman–Crippen MR) is 69.0 cm³/mol. The zero-order valence-electron chi connectivity index (χ0n) is 10.7. The molecule has 0 spiro atoms. The first-order valence-corrected chi connectivity index (χ1v) is 5.92. The first-order chi connectivity index (χ1) is 9.09. The number of rotatable bonds is 5. The third kappa shape index (κ3) is 2.87. The summed E-state index contributed by atoms with van der Waals surface area (Å²) in [6, 6.07) is 9.11. The lowest BCUT2D eigenvalue weighted by Gasteiger charge is -2.17. The van der Waals surface area contributed by atoms with Crippen molar-refractivity contribution in [1.29, 1.82) is 0 Å². The highest BCUT2D eigenvalue weighted by molar-refractivity contribution is 5.70. The Balaban J connectivity index is 2.19. The molecule has 1 heterocycles. The third-order valence-electron chi connectivity index (χ3n) is 2.97. The summed E-state index contributed by atoms with van der Waals surface area (Å²) in [6.07, 6.45) is 0. The minimum absolute atomic E-state index is 0.286. The molecule has 0 amide bonds. The van der Waals surface area contributed by atoms with Gasteiger partial charge in [-0.1, -0.05) is 23.3 Å². The molecule has 2 unspecified atom stereocenters. The summed E-state index contributed by atoms with van der Waals surface area (Å²) in [6.45, 7) is 3.42. The maximum absolute atomic E-state index is 10.9. The second-order valence-electron chi connectivity index (χ2n) is 4.31. The van der Waals surface area contributed by atoms with Gasteiger partial charge in [0.1, 0.15) is 0 Å². The molecule has 2 rings (SSSR count). The maximum atomic E-state index is 10.9. The summed E-state index contributed by atoms with van der Waals surface area (Å²) in [7, 11) is 0. The van der Waals surface area contributed by atoms with E-state index in [0.717, 1.165) is 5.69 Å². The highest BCUT2D eigenvalue weighted by Gasteiger charge is 2.21. The van der Waals surface area contributed by atoms with Crippen molar-refractivity contribution in [1.82, 2.24) is 20.2 Å². The van der Waals surface area contributed by atoms with Crippen molar-refractivity contribution in [2.75, 3.05) is 5.32 Å². The van der Waals surface area contributed by atoms with Gasteiger partial charge in [-0.3, -0.25) is 4.79 Å². The van der Waals surface area contributed by atoms with Crippen molar-refractivity contribution in [3.05, 3.63) is 30.3 Å². The van der Waals surface area contributed by atoms with E-state index in [0.29, 0.717) is 5.95 Å². The maximum Gasteiger partial charge on any atom is 0.308 e. The summed E-state index contributed by atoms with van der Waals surface area (Å²) in [5.41, 5.74) is 0.810. The fourth-order valence-corrected chi connectivity index (χ4v) is 1.56. The van der Waals surface area contributed by atoms with E-state index in [1.807, 2.05) is 30.3 Å². The summed E-state index contributed by atoms with van der Waals surface area (Å²) in [5, 5.41) is 23.4. The van der Waals surface area contributed by atoms with Crippen LogP contribution in [-0.2, 0) is 4.79 Å². The van der Waals surface area contributed by atoms with E-state index in [1.54, 1.807) is 13.8 Å². The Labute approximate surface area is 110 Å². The zero-order valence-corrected chi connectivity index (χ0v) is 10.7. The first-order valence-electron chi connectivity index (χ1n) is 5.92. The summed E-state index contributed by atoms with van der Waals surface area (Å²) in [4.78, 5) is 10.9. The first kappa shape index (κ1) is 13.0. The number of nitrogens with zero attached hydrogens (tertiary/aromatic N) is 4. The third-order valence-corrected chi connectivity index (χ3v) is 2.97. The standard InChI is InChI=1S/C12H15N5O2/c1-8(11(18)19)9(2)13-12-14-15-16-17(12)10-6-4-3-5-7-10/h3-9H,1-2H3,(H,18,19)(H,13,14,16). The number of carbonyl (C=O) groups is 1. The Kier molecular flexibility index (Phi) is 3.74. The summed E-state index contributed by atoms with van der Waals surface area (Å²) < 4.78 is 1.53. The van der Waals surface area contributed by atoms with Gasteiger partial charge in [-0.2, -0.15) is 4.68 Å². The average molecular weight is 261 g/mol. The van der Waals surface area contributed by atoms with E-state index >= 15 is 0 Å². The van der Waals surface area contributed by atoms with Crippen LogP contribution in [-0.4, -0.2) is 37.3 Å². The molecule has 1 aromatic heterocycles. The molecule has 0 aliphatic heterocycles. The molecule has 2 atom stereocenters. The molecule has 7 nitrogen and oxygen atoms in total. The van der Waals surface area contributed by atoms with Crippen LogP contribution in [0, 0.1) is 5.92 Å². The van der Waals surface area contributed by atoms with Gasteiger partial charge < -0.3 is 10.4 Å². The smallest absolute Gasteiger partial charge is 0.308 e. The lowest BCUT2D eigenvalue weighted by molar-refractivity contribution is -0.141. The molecule has 2 N–H and O–H groups in total. The molecular weight excluding hydrogens is 246 g/mol. The lowest BCUT2D eigenvalue weighted by Crippen LogP contribution is -2.30. The van der Waals surface area contributed by atoms with Crippen LogP contribution in [0.25, 0.3) is 5.69 Å². The number of hydrogen-bond donors (Lipinski definition) is 2. The molecule has 0 aliphatic rings. The van der Waals surface area contributed by atoms with E-state index in [1.165, 1.54) is 4.68 Å². The Bertz CT molecular complexity index is 554. The molecule has 1 aromatic carbocycles. The van der Waals surface area contributed by atoms with Gasteiger partial charge in [0, 0.05) is 6.04 Å². The normalized spacial score (nSPS) is 13.8. The largest absolute Gasteiger partial charge is 0.481 e. The van der Waals surface area contributed by atoms with E-state index < -0.39 is 11.9 Å². The minimum atomic E-state index is -0.862. The Hall–Kier alpha value is -2.44. The SMILES string of the molecule is CC(Nc1nnnn1-c1ccccc1)C(C)C(=O)O. The van der Waals surface area contributed by atoms with E-state index in [9.17, 15) is 4.79 Å². The Morgan fingerprint density at radius 2 is 2.00 bits per heavy atom. The van der Waals surface area contributed by atoms with Gasteiger partial charge in [-0.15, -0.1) is 0 Å². The number of carboxylic acids is 1. The summed E-state index contributed by atoms with van der Waals surface area (Å²) in [5.74, 6) is -0.980. The van der Waals surface area contributed by atoms with Crippen molar-refractivity contribution in [3.63, 3.8) is 0 Å². The Morgan fingerprint density at radius 3 is 2.63 bits per heavy atom. The van der Waals surface area contributed by atoms with Crippen LogP contribution in [0.2, 0.25) is 0 Å². The van der Waals surface area contributed by atoms with E-state index in [2.05, 4.69) is 20.8 Å². The van der Waals surface area contributed by atoms with Crippen LogP contribution in [0.4, 0.5) is 5.95 Å². The van der Waals surface area contributed by atoms with Gasteiger partial charge >= 0.3 is 5.97 Å². The van der Waals surface area contributed by atoms with Crippen molar-refractivity contribution < 1.29 is 9.90 Å². The number of hydrogen-bond acceptors (Lipinski definition) is 5. The van der Waals surface area contributed by atoms with Crippen LogP contribution >= 0.6 is 0 Å². The van der Waals surface area contributed by atoms with Crippen LogP contribution in [0.1, 0.15) is 13.8 Å². The molecule has 0 bridgehead atoms. The number of aliphatic carboxylic acids is 1. The van der Waals surface area contributed by atoms with Gasteiger partial charge in [0.25, 0.3) is 0 Å². The molecule has 19 heavy (non-hydrogen) atoms. The van der Waals surface area contributed by atoms with E-state index in [4.69, 9.17) is 5.11 Å². The van der Waals surface area contributed by atoms with Crippen LogP contribution in [0.5, 0.6) is 0 Å². The zero-order chi connectivity index (χ0) is 13.8. The number of carboxylic acid groups (broad SMARTS) is 1. The number of benzene rings is 1. The fraction of sp³-hybridized carbons (Fsp3) is 0.333. The average Bonchev–Trinajstić information content (AvgIpc) is 2.86. The van der Waals surface area contributed by atoms with Gasteiger partial charge in [0.2, 0.25) is 5.95 Å². The van der Waals surface area contributed by atoms with Gasteiger partial charge in [0.05, 0.1) is 11.6 Å². The number of anilines is 1. The molecule has 100 valence electrons. The quantitative estimate of drug-likeness (QED) is 0.839. The molecule has 0 aliphatic carbocycles. The fourth-order valence-electron chi connectivity index (χ4n) is 1.56. The molecular formula is C12H15N5O2. The number of nitrogens with one attached hydrogen (secondary N) is 1. The van der Waals surface area contributed by atoms with Gasteiger partial charge in [0.15, 0.2) is 0 Å². The molecule has 0 fully saturated rings. The topological polar surface area (TPSA) is 92.9 Å². The minimum Gasteiger partial charge on any atom is -0.481 e. The molecule has 0 saturated carbocycles. The van der Waals surface area contributed by atoms with Crippen LogP contribution in [0.15, 0.2) is 30.3 Å². The van der Waals surface area contributed by atoms with Crippen molar-refractivity contribution >= 4 is 11.9 Å². The highest BCUT2D eigenvalue weighted by Crippen LogP contribution is 2.14. The van der Waals surface area contributed by atoms with Crippen molar-refractivity contribution in [2.45, 2.75) is 19.9 Å². The number of aromatic nitrogens is 4. The van der Waals surface area contributed by atoms with Crippen LogP contribution in [0.3, 0.4) is 0 Å². The van der Waals surface area contributed by atoms with E-state index in [-0.39, 0.29) is 6.04 Å². The van der Waals surface area contributed by atoms with Gasteiger partial charge in [-0.25, -0.2) is 0 Å². The monoisotopic (exact) mass is 261 g/mol. The second-order valence-corrected chi connectivity index (χ2v) is 4.31. The van der Waals surface area contributed by atoms with Crippen molar-refractivity contribution in [2.24, 2.45) is 5.92 Å². The highest BCUT2D eigenvalue weighted by atomic mass is 16.4. The molecule has 0 radical (unpaired) electrons. The second kappa shape index (κ2) is 5.47. The number of tetrazole rings is 1. The predicted octanol–water partition coefficient (Wildman–Crippen LogP) is 1.18. The number of para-hydroxylation sites is 1. The molecule has 0 saturated heterocycles.